The molecule has 202 valence electrons. The number of anilines is 2. The highest BCUT2D eigenvalue weighted by molar-refractivity contribution is 5.98. The first kappa shape index (κ1) is 27.4. The van der Waals surface area contributed by atoms with E-state index in [4.69, 9.17) is 5.73 Å². The Morgan fingerprint density at radius 3 is 2.55 bits per heavy atom. The first-order chi connectivity index (χ1) is 18.3. The Hall–Kier alpha value is -3.66. The number of alkyl halides is 2. The van der Waals surface area contributed by atoms with Crippen molar-refractivity contribution in [3.63, 3.8) is 0 Å². The fourth-order valence-corrected chi connectivity index (χ4v) is 4.65. The molecule has 0 saturated carbocycles. The predicted molar refractivity (Wildman–Crippen MR) is 141 cm³/mol. The number of pyridine rings is 1. The number of nitrogens with two attached hydrogens (primary N) is 1. The molecule has 0 atom stereocenters. The molecule has 0 fully saturated rings. The van der Waals surface area contributed by atoms with Gasteiger partial charge in [-0.15, -0.1) is 0 Å². The summed E-state index contributed by atoms with van der Waals surface area (Å²) in [6.07, 6.45) is -1.48. The summed E-state index contributed by atoms with van der Waals surface area (Å²) < 4.78 is 54.2. The van der Waals surface area contributed by atoms with Crippen LogP contribution in [0.2, 0.25) is 0 Å². The predicted octanol–water partition coefficient (Wildman–Crippen LogP) is 5.02. The second-order valence-electron chi connectivity index (χ2n) is 9.17. The molecule has 4 N–H and O–H groups in total. The Bertz CT molecular complexity index is 1280. The summed E-state index contributed by atoms with van der Waals surface area (Å²) in [7, 11) is 0. The van der Waals surface area contributed by atoms with Crippen LogP contribution in [0.5, 0.6) is 0 Å². The monoisotopic (exact) mass is 529 g/mol. The van der Waals surface area contributed by atoms with E-state index in [1.165, 1.54) is 6.07 Å². The van der Waals surface area contributed by atoms with Crippen molar-refractivity contribution in [2.75, 3.05) is 43.4 Å². The molecule has 38 heavy (non-hydrogen) atoms. The molecule has 0 bridgehead atoms. The standard InChI is InChI=1S/C28H31F4N5O/c1-2-37(13-12-34-10-3-4-24(30)31)20-7-5-17(6-8-20)21-16-22(27(33)36-26(21)32)19-14-18-9-11-35-28(38)25(18)23(29)15-19/h5-8,14-16,24,34H,2-4,9-13H2,1H3,(H2,33,36)(H,35,38). The number of nitrogen functional groups attached to an aromatic ring is 1. The Balaban J connectivity index is 1.52. The number of fused-ring (bicyclic) bond motifs is 1. The summed E-state index contributed by atoms with van der Waals surface area (Å²) in [5.74, 6) is -1.92. The van der Waals surface area contributed by atoms with Gasteiger partial charge in [-0.1, -0.05) is 12.1 Å². The van der Waals surface area contributed by atoms with Gasteiger partial charge in [0.2, 0.25) is 12.4 Å². The van der Waals surface area contributed by atoms with Crippen LogP contribution in [0.3, 0.4) is 0 Å². The maximum absolute atomic E-state index is 14.9. The first-order valence-corrected chi connectivity index (χ1v) is 12.7. The van der Waals surface area contributed by atoms with Crippen molar-refractivity contribution in [2.45, 2.75) is 32.6 Å². The average Bonchev–Trinajstić information content (AvgIpc) is 2.88. The van der Waals surface area contributed by atoms with Gasteiger partial charge >= 0.3 is 0 Å². The number of nitrogens with zero attached hydrogens (tertiary/aromatic N) is 2. The maximum Gasteiger partial charge on any atom is 0.254 e. The molecule has 6 nitrogen and oxygen atoms in total. The van der Waals surface area contributed by atoms with Crippen LogP contribution >= 0.6 is 0 Å². The fraction of sp³-hybridized carbons (Fsp3) is 0.357. The molecule has 3 aromatic rings. The van der Waals surface area contributed by atoms with Crippen LogP contribution in [-0.4, -0.2) is 50.0 Å². The van der Waals surface area contributed by atoms with Gasteiger partial charge in [0.25, 0.3) is 5.91 Å². The van der Waals surface area contributed by atoms with Gasteiger partial charge in [-0.3, -0.25) is 4.79 Å². The highest BCUT2D eigenvalue weighted by Gasteiger charge is 2.23. The van der Waals surface area contributed by atoms with Crippen LogP contribution in [-0.2, 0) is 6.42 Å². The van der Waals surface area contributed by atoms with Gasteiger partial charge in [-0.2, -0.15) is 4.39 Å². The molecule has 1 aromatic heterocycles. The summed E-state index contributed by atoms with van der Waals surface area (Å²) in [4.78, 5) is 18.1. The third-order valence-electron chi connectivity index (χ3n) is 6.65. The molecular weight excluding hydrogens is 498 g/mol. The van der Waals surface area contributed by atoms with Gasteiger partial charge in [0.15, 0.2) is 0 Å². The highest BCUT2D eigenvalue weighted by atomic mass is 19.3. The topological polar surface area (TPSA) is 83.3 Å². The number of benzene rings is 2. The van der Waals surface area contributed by atoms with E-state index in [9.17, 15) is 22.4 Å². The molecule has 0 saturated heterocycles. The van der Waals surface area contributed by atoms with Crippen LogP contribution in [0.15, 0.2) is 42.5 Å². The number of carbonyl (C=O) groups excluding carboxylic acids is 1. The second kappa shape index (κ2) is 12.3. The van der Waals surface area contributed by atoms with Crippen LogP contribution in [0.1, 0.15) is 35.7 Å². The van der Waals surface area contributed by atoms with Crippen LogP contribution in [0, 0.1) is 11.8 Å². The number of hydrogen-bond acceptors (Lipinski definition) is 5. The zero-order chi connectivity index (χ0) is 27.2. The summed E-state index contributed by atoms with van der Waals surface area (Å²) in [6, 6.07) is 11.8. The van der Waals surface area contributed by atoms with Gasteiger partial charge < -0.3 is 21.3 Å². The lowest BCUT2D eigenvalue weighted by molar-refractivity contribution is 0.0941. The number of rotatable bonds is 11. The van der Waals surface area contributed by atoms with Crippen LogP contribution in [0.4, 0.5) is 29.1 Å². The summed E-state index contributed by atoms with van der Waals surface area (Å²) >= 11 is 0. The average molecular weight is 530 g/mol. The van der Waals surface area contributed by atoms with Crippen LogP contribution < -0.4 is 21.3 Å². The molecule has 10 heteroatoms. The van der Waals surface area contributed by atoms with E-state index in [0.29, 0.717) is 61.3 Å². The Morgan fingerprint density at radius 1 is 1.08 bits per heavy atom. The zero-order valence-electron chi connectivity index (χ0n) is 21.2. The number of halogens is 4. The van der Waals surface area contributed by atoms with Gasteiger partial charge in [0.1, 0.15) is 11.6 Å². The van der Waals surface area contributed by atoms with Crippen molar-refractivity contribution in [1.82, 2.24) is 15.6 Å². The molecule has 2 heterocycles. The molecule has 1 aliphatic heterocycles. The van der Waals surface area contributed by atoms with Crippen molar-refractivity contribution in [3.05, 3.63) is 65.4 Å². The lowest BCUT2D eigenvalue weighted by atomic mass is 9.93. The summed E-state index contributed by atoms with van der Waals surface area (Å²) in [5.41, 5.74) is 9.17. The van der Waals surface area contributed by atoms with Crippen molar-refractivity contribution < 1.29 is 22.4 Å². The molecule has 0 unspecified atom stereocenters. The number of carbonyl (C=O) groups is 1. The van der Waals surface area contributed by atoms with E-state index in [0.717, 1.165) is 12.2 Å². The smallest absolute Gasteiger partial charge is 0.254 e. The number of hydrogen-bond donors (Lipinski definition) is 3. The molecule has 2 aromatic carbocycles. The minimum absolute atomic E-state index is 0.0216. The zero-order valence-corrected chi connectivity index (χ0v) is 21.2. The molecule has 0 spiro atoms. The molecule has 1 amide bonds. The molecule has 4 rings (SSSR count). The van der Waals surface area contributed by atoms with E-state index in [-0.39, 0.29) is 23.4 Å². The Labute approximate surface area is 219 Å². The van der Waals surface area contributed by atoms with E-state index in [2.05, 4.69) is 20.5 Å². The summed E-state index contributed by atoms with van der Waals surface area (Å²) in [6.45, 7) is 5.04. The molecular formula is C28H31F4N5O. The van der Waals surface area contributed by atoms with Crippen molar-refractivity contribution in [2.24, 2.45) is 0 Å². The maximum atomic E-state index is 14.9. The second-order valence-corrected chi connectivity index (χ2v) is 9.17. The van der Waals surface area contributed by atoms with E-state index >= 15 is 0 Å². The lowest BCUT2D eigenvalue weighted by Gasteiger charge is -2.23. The number of amides is 1. The number of likely N-dealkylation sites (N-methyl/N-ethyl adjacent to an activating group) is 1. The van der Waals surface area contributed by atoms with Gasteiger partial charge in [0.05, 0.1) is 5.56 Å². The molecule has 0 radical (unpaired) electrons. The Morgan fingerprint density at radius 2 is 1.84 bits per heavy atom. The quantitative estimate of drug-likeness (QED) is 0.185. The van der Waals surface area contributed by atoms with Gasteiger partial charge in [-0.05, 0) is 73.3 Å². The first-order valence-electron chi connectivity index (χ1n) is 12.7. The van der Waals surface area contributed by atoms with Gasteiger partial charge in [0, 0.05) is 49.4 Å². The Kier molecular flexibility index (Phi) is 8.83. The number of aromatic nitrogens is 1. The highest BCUT2D eigenvalue weighted by Crippen LogP contribution is 2.34. The van der Waals surface area contributed by atoms with Crippen LogP contribution in [0.25, 0.3) is 22.3 Å². The molecule has 1 aliphatic rings. The SMILES string of the molecule is CCN(CCNCCCC(F)F)c1ccc(-c2cc(-c3cc(F)c4c(c3)CCNC4=O)c(N)nc2F)cc1. The van der Waals surface area contributed by atoms with E-state index < -0.39 is 24.1 Å². The lowest BCUT2D eigenvalue weighted by Crippen LogP contribution is -2.32. The summed E-state index contributed by atoms with van der Waals surface area (Å²) in [5, 5.41) is 5.81. The van der Waals surface area contributed by atoms with Crippen molar-refractivity contribution >= 4 is 17.4 Å². The normalized spacial score (nSPS) is 12.9. The van der Waals surface area contributed by atoms with E-state index in [1.54, 1.807) is 24.3 Å². The molecule has 0 aliphatic carbocycles. The minimum atomic E-state index is -2.28. The minimum Gasteiger partial charge on any atom is -0.383 e. The fourth-order valence-electron chi connectivity index (χ4n) is 4.65. The van der Waals surface area contributed by atoms with Crippen molar-refractivity contribution in [3.8, 4) is 22.3 Å². The van der Waals surface area contributed by atoms with Gasteiger partial charge in [-0.25, -0.2) is 18.2 Å². The van der Waals surface area contributed by atoms with E-state index in [1.807, 2.05) is 19.1 Å². The third-order valence-corrected chi connectivity index (χ3v) is 6.65. The van der Waals surface area contributed by atoms with Crippen molar-refractivity contribution in [1.29, 1.82) is 0 Å². The number of nitrogens with one attached hydrogen (secondary N) is 2. The third kappa shape index (κ3) is 6.24. The largest absolute Gasteiger partial charge is 0.383 e.